The fraction of sp³-hybridized carbons (Fsp3) is 0.500. The molecule has 1 unspecified atom stereocenters. The molecule has 1 aromatic heterocycles. The van der Waals surface area contributed by atoms with Gasteiger partial charge in [-0.25, -0.2) is 14.9 Å². The molecule has 18 heavy (non-hydrogen) atoms. The highest BCUT2D eigenvalue weighted by atomic mass is 79.9. The second kappa shape index (κ2) is 4.42. The summed E-state index contributed by atoms with van der Waals surface area (Å²) < 4.78 is 0.567. The van der Waals surface area contributed by atoms with Crippen molar-refractivity contribution in [2.75, 3.05) is 4.90 Å². The van der Waals surface area contributed by atoms with Crippen LogP contribution in [0.5, 0.6) is 0 Å². The smallest absolute Gasteiger partial charge is 0.241 e. The van der Waals surface area contributed by atoms with Crippen molar-refractivity contribution in [1.82, 2.24) is 9.97 Å². The first-order chi connectivity index (χ1) is 8.36. The van der Waals surface area contributed by atoms with E-state index in [4.69, 9.17) is 0 Å². The van der Waals surface area contributed by atoms with Gasteiger partial charge in [0, 0.05) is 6.42 Å². The molecule has 2 rings (SSSR count). The second-order valence-corrected chi connectivity index (χ2v) is 5.79. The molecule has 0 bridgehead atoms. The largest absolute Gasteiger partial charge is 0.274 e. The Morgan fingerprint density at radius 3 is 2.44 bits per heavy atom. The number of carbonyl (C=O) groups is 2. The molecule has 0 spiro atoms. The topological polar surface area (TPSA) is 63.2 Å². The molecule has 1 aliphatic rings. The Hall–Kier alpha value is -1.30. The summed E-state index contributed by atoms with van der Waals surface area (Å²) >= 11 is 3.17. The number of amides is 2. The predicted octanol–water partition coefficient (Wildman–Crippen LogP) is 2.16. The van der Waals surface area contributed by atoms with Crippen LogP contribution in [0.3, 0.4) is 0 Å². The maximum absolute atomic E-state index is 12.4. The minimum atomic E-state index is -0.647. The lowest BCUT2D eigenvalue weighted by atomic mass is 9.78. The zero-order valence-electron chi connectivity index (χ0n) is 10.5. The van der Waals surface area contributed by atoms with Crippen molar-refractivity contribution in [3.05, 3.63) is 17.0 Å². The monoisotopic (exact) mass is 311 g/mol. The third kappa shape index (κ3) is 1.94. The Kier molecular flexibility index (Phi) is 3.23. The molecule has 5 nitrogen and oxygen atoms in total. The highest BCUT2D eigenvalue weighted by molar-refractivity contribution is 9.10. The molecule has 0 aromatic carbocycles. The minimum Gasteiger partial charge on any atom is -0.274 e. The summed E-state index contributed by atoms with van der Waals surface area (Å²) in [5.41, 5.74) is -0.647. The third-order valence-corrected chi connectivity index (χ3v) is 3.98. The van der Waals surface area contributed by atoms with Crippen LogP contribution in [-0.4, -0.2) is 21.8 Å². The molecule has 0 radical (unpaired) electrons. The summed E-state index contributed by atoms with van der Waals surface area (Å²) in [4.78, 5) is 33.6. The van der Waals surface area contributed by atoms with Crippen LogP contribution < -0.4 is 4.90 Å². The van der Waals surface area contributed by atoms with Crippen LogP contribution in [0.4, 0.5) is 5.82 Å². The van der Waals surface area contributed by atoms with Crippen LogP contribution in [0, 0.1) is 11.3 Å². The van der Waals surface area contributed by atoms with E-state index >= 15 is 0 Å². The molecule has 96 valence electrons. The van der Waals surface area contributed by atoms with Crippen LogP contribution in [-0.2, 0) is 9.59 Å². The molecule has 1 aliphatic heterocycles. The number of carbonyl (C=O) groups excluding carboxylic acids is 2. The van der Waals surface area contributed by atoms with E-state index in [0.29, 0.717) is 4.60 Å². The highest BCUT2D eigenvalue weighted by Crippen LogP contribution is 2.40. The lowest BCUT2D eigenvalue weighted by Crippen LogP contribution is -2.37. The summed E-state index contributed by atoms with van der Waals surface area (Å²) in [7, 11) is 0. The standard InChI is InChI=1S/C12H14BrN3O2/c1-7(2)12(3)4-10(17)16(11(12)18)9-6-14-8(13)5-15-9/h5-7H,4H2,1-3H3. The molecule has 1 atom stereocenters. The molecule has 2 heterocycles. The van der Waals surface area contributed by atoms with E-state index in [9.17, 15) is 9.59 Å². The average molecular weight is 312 g/mol. The molecule has 0 aliphatic carbocycles. The fourth-order valence-corrected chi connectivity index (χ4v) is 2.15. The molecule has 1 saturated heterocycles. The summed E-state index contributed by atoms with van der Waals surface area (Å²) in [5, 5.41) is 0. The van der Waals surface area contributed by atoms with Gasteiger partial charge in [0.05, 0.1) is 17.8 Å². The maximum Gasteiger partial charge on any atom is 0.241 e. The van der Waals surface area contributed by atoms with Crippen molar-refractivity contribution in [2.24, 2.45) is 11.3 Å². The average Bonchev–Trinajstić information content (AvgIpc) is 2.53. The van der Waals surface area contributed by atoms with E-state index in [1.807, 2.05) is 20.8 Å². The van der Waals surface area contributed by atoms with Crippen LogP contribution in [0.15, 0.2) is 17.0 Å². The van der Waals surface area contributed by atoms with Crippen LogP contribution in [0.25, 0.3) is 0 Å². The van der Waals surface area contributed by atoms with Gasteiger partial charge in [0.1, 0.15) is 4.60 Å². The van der Waals surface area contributed by atoms with E-state index in [2.05, 4.69) is 25.9 Å². The van der Waals surface area contributed by atoms with E-state index in [0.717, 1.165) is 4.90 Å². The quantitative estimate of drug-likeness (QED) is 0.785. The van der Waals surface area contributed by atoms with Gasteiger partial charge in [0.2, 0.25) is 11.8 Å². The zero-order valence-corrected chi connectivity index (χ0v) is 12.1. The second-order valence-electron chi connectivity index (χ2n) is 4.98. The van der Waals surface area contributed by atoms with E-state index < -0.39 is 5.41 Å². The van der Waals surface area contributed by atoms with Crippen LogP contribution in [0.1, 0.15) is 27.2 Å². The molecule has 1 aromatic rings. The van der Waals surface area contributed by atoms with Crippen molar-refractivity contribution in [3.8, 4) is 0 Å². The Bertz CT molecular complexity index is 501. The van der Waals surface area contributed by atoms with Crippen molar-refractivity contribution in [1.29, 1.82) is 0 Å². The van der Waals surface area contributed by atoms with E-state index in [1.54, 1.807) is 0 Å². The Morgan fingerprint density at radius 1 is 1.33 bits per heavy atom. The summed E-state index contributed by atoms with van der Waals surface area (Å²) in [6.07, 6.45) is 3.12. The molecule has 2 amide bonds. The summed E-state index contributed by atoms with van der Waals surface area (Å²) in [6.45, 7) is 5.72. The molecular weight excluding hydrogens is 298 g/mol. The Morgan fingerprint density at radius 2 is 2.00 bits per heavy atom. The normalized spacial score (nSPS) is 24.2. The number of imide groups is 1. The summed E-state index contributed by atoms with van der Waals surface area (Å²) in [5.74, 6) is -0.0214. The first-order valence-electron chi connectivity index (χ1n) is 5.71. The maximum atomic E-state index is 12.4. The van der Waals surface area contributed by atoms with Gasteiger partial charge in [0.25, 0.3) is 0 Å². The van der Waals surface area contributed by atoms with Crippen molar-refractivity contribution in [2.45, 2.75) is 27.2 Å². The van der Waals surface area contributed by atoms with Gasteiger partial charge >= 0.3 is 0 Å². The SMILES string of the molecule is CC(C)C1(C)CC(=O)N(c2cnc(Br)cn2)C1=O. The van der Waals surface area contributed by atoms with Gasteiger partial charge < -0.3 is 0 Å². The molecule has 0 saturated carbocycles. The van der Waals surface area contributed by atoms with E-state index in [-0.39, 0.29) is 30.0 Å². The molecule has 6 heteroatoms. The molecule has 1 fully saturated rings. The highest BCUT2D eigenvalue weighted by Gasteiger charge is 2.51. The number of hydrogen-bond donors (Lipinski definition) is 0. The van der Waals surface area contributed by atoms with Gasteiger partial charge in [-0.1, -0.05) is 13.8 Å². The lowest BCUT2D eigenvalue weighted by molar-refractivity contribution is -0.126. The lowest BCUT2D eigenvalue weighted by Gasteiger charge is -2.25. The molecule has 0 N–H and O–H groups in total. The third-order valence-electron chi connectivity index (χ3n) is 3.57. The number of aromatic nitrogens is 2. The van der Waals surface area contributed by atoms with Gasteiger partial charge in [-0.2, -0.15) is 0 Å². The summed E-state index contributed by atoms with van der Waals surface area (Å²) in [6, 6.07) is 0. The number of rotatable bonds is 2. The fourth-order valence-electron chi connectivity index (χ4n) is 1.94. The van der Waals surface area contributed by atoms with Gasteiger partial charge in [-0.15, -0.1) is 0 Å². The number of nitrogens with zero attached hydrogens (tertiary/aromatic N) is 3. The van der Waals surface area contributed by atoms with Gasteiger partial charge in [-0.05, 0) is 28.8 Å². The minimum absolute atomic E-state index is 0.0994. The van der Waals surface area contributed by atoms with Gasteiger partial charge in [-0.3, -0.25) is 9.59 Å². The Labute approximate surface area is 114 Å². The number of anilines is 1. The van der Waals surface area contributed by atoms with E-state index in [1.165, 1.54) is 12.4 Å². The predicted molar refractivity (Wildman–Crippen MR) is 69.8 cm³/mol. The van der Waals surface area contributed by atoms with Crippen molar-refractivity contribution < 1.29 is 9.59 Å². The molecular formula is C12H14BrN3O2. The Balaban J connectivity index is 2.38. The number of halogens is 1. The van der Waals surface area contributed by atoms with Crippen molar-refractivity contribution >= 4 is 33.6 Å². The first-order valence-corrected chi connectivity index (χ1v) is 6.50. The van der Waals surface area contributed by atoms with Crippen LogP contribution in [0.2, 0.25) is 0 Å². The zero-order chi connectivity index (χ0) is 13.5. The van der Waals surface area contributed by atoms with Gasteiger partial charge in [0.15, 0.2) is 5.82 Å². The van der Waals surface area contributed by atoms with Crippen molar-refractivity contribution in [3.63, 3.8) is 0 Å². The first kappa shape index (κ1) is 13.1. The number of hydrogen-bond acceptors (Lipinski definition) is 4. The van der Waals surface area contributed by atoms with Crippen LogP contribution >= 0.6 is 15.9 Å².